The van der Waals surface area contributed by atoms with E-state index in [4.69, 9.17) is 0 Å². The van der Waals surface area contributed by atoms with Crippen molar-refractivity contribution in [3.63, 3.8) is 0 Å². The third-order valence-electron chi connectivity index (χ3n) is 8.63. The largest absolute Gasteiger partial charge is 0.389 e. The minimum Gasteiger partial charge on any atom is -0.389 e. The lowest BCUT2D eigenvalue weighted by Crippen LogP contribution is -2.52. The van der Waals surface area contributed by atoms with E-state index in [-0.39, 0.29) is 29.9 Å². The first-order chi connectivity index (χ1) is 21.0. The van der Waals surface area contributed by atoms with Crippen LogP contribution in [0.3, 0.4) is 0 Å². The summed E-state index contributed by atoms with van der Waals surface area (Å²) in [5.74, 6) is -0.395. The minimum absolute atomic E-state index is 0.0345. The monoisotopic (exact) mass is 594 g/mol. The van der Waals surface area contributed by atoms with Gasteiger partial charge in [0, 0.05) is 40.8 Å². The summed E-state index contributed by atoms with van der Waals surface area (Å²) in [6.45, 7) is 2.64. The van der Waals surface area contributed by atoms with Gasteiger partial charge >= 0.3 is 0 Å². The Morgan fingerprint density at radius 3 is 2.49 bits per heavy atom. The van der Waals surface area contributed by atoms with Crippen molar-refractivity contribution in [1.82, 2.24) is 20.5 Å². The number of nitrogens with one attached hydrogen (secondary N) is 2. The van der Waals surface area contributed by atoms with Crippen molar-refractivity contribution in [1.29, 1.82) is 0 Å². The Balaban J connectivity index is 1.18. The van der Waals surface area contributed by atoms with Crippen molar-refractivity contribution in [2.45, 2.75) is 69.3 Å². The highest BCUT2D eigenvalue weighted by Crippen LogP contribution is 2.35. The number of amides is 2. The first-order valence-corrected chi connectivity index (χ1v) is 16.0. The predicted molar refractivity (Wildman–Crippen MR) is 169 cm³/mol. The fourth-order valence-electron chi connectivity index (χ4n) is 6.40. The minimum atomic E-state index is -0.796. The lowest BCUT2D eigenvalue weighted by atomic mass is 9.95. The van der Waals surface area contributed by atoms with Gasteiger partial charge in [0.25, 0.3) is 11.8 Å². The van der Waals surface area contributed by atoms with E-state index in [0.717, 1.165) is 41.9 Å². The highest BCUT2D eigenvalue weighted by atomic mass is 32.1. The molecule has 5 atom stereocenters. The number of aliphatic hydroxyl groups is 1. The number of aliphatic hydroxyl groups excluding tert-OH is 1. The number of thiazole rings is 1. The molecule has 2 saturated heterocycles. The zero-order valence-corrected chi connectivity index (χ0v) is 25.2. The number of benzene rings is 3. The van der Waals surface area contributed by atoms with E-state index < -0.39 is 12.1 Å². The molecule has 0 radical (unpaired) electrons. The van der Waals surface area contributed by atoms with Gasteiger partial charge < -0.3 is 20.6 Å². The number of hydrogen-bond acceptors (Lipinski definition) is 6. The van der Waals surface area contributed by atoms with Crippen molar-refractivity contribution >= 4 is 23.2 Å². The van der Waals surface area contributed by atoms with Gasteiger partial charge in [0.05, 0.1) is 18.2 Å². The van der Waals surface area contributed by atoms with Gasteiger partial charge in [0.1, 0.15) is 5.01 Å². The Hall–Kier alpha value is -3.85. The predicted octanol–water partition coefficient (Wildman–Crippen LogP) is 5.62. The second-order valence-electron chi connectivity index (χ2n) is 11.6. The van der Waals surface area contributed by atoms with Crippen LogP contribution in [0.1, 0.15) is 80.3 Å². The van der Waals surface area contributed by atoms with Gasteiger partial charge in [0.2, 0.25) is 0 Å². The molecule has 7 nitrogen and oxygen atoms in total. The molecule has 3 N–H and O–H groups in total. The highest BCUT2D eigenvalue weighted by Gasteiger charge is 2.36. The third-order valence-corrected chi connectivity index (χ3v) is 9.69. The molecule has 0 aliphatic carbocycles. The van der Waals surface area contributed by atoms with Crippen LogP contribution in [0.5, 0.6) is 0 Å². The summed E-state index contributed by atoms with van der Waals surface area (Å²) in [7, 11) is 0. The van der Waals surface area contributed by atoms with Gasteiger partial charge in [-0.15, -0.1) is 11.3 Å². The van der Waals surface area contributed by atoms with Gasteiger partial charge in [-0.1, -0.05) is 66.7 Å². The summed E-state index contributed by atoms with van der Waals surface area (Å²) in [5, 5.41) is 21.3. The van der Waals surface area contributed by atoms with Crippen LogP contribution in [-0.2, 0) is 6.42 Å². The second-order valence-corrected chi connectivity index (χ2v) is 12.5. The summed E-state index contributed by atoms with van der Waals surface area (Å²) in [6, 6.07) is 26.6. The smallest absolute Gasteiger partial charge is 0.254 e. The molecule has 8 heteroatoms. The maximum atomic E-state index is 13.7. The molecule has 3 heterocycles. The SMILES string of the molecule is Cc1csc([C@H]2CCCN2C(=O)c2cccc(C(=O)NC(Cc3ccccc3)[C@H](O)[C@@H]3CC[C@@H](c4ccccc4)N3)c2)n1. The molecule has 2 amide bonds. The van der Waals surface area contributed by atoms with Crippen LogP contribution < -0.4 is 10.6 Å². The van der Waals surface area contributed by atoms with Gasteiger partial charge in [0.15, 0.2) is 0 Å². The van der Waals surface area contributed by atoms with Crippen LogP contribution in [0.15, 0.2) is 90.3 Å². The summed E-state index contributed by atoms with van der Waals surface area (Å²) >= 11 is 1.59. The summed E-state index contributed by atoms with van der Waals surface area (Å²) in [4.78, 5) is 33.8. The van der Waals surface area contributed by atoms with E-state index in [0.29, 0.717) is 24.1 Å². The fourth-order valence-corrected chi connectivity index (χ4v) is 7.34. The Morgan fingerprint density at radius 1 is 1.00 bits per heavy atom. The average molecular weight is 595 g/mol. The number of nitrogens with zero attached hydrogens (tertiary/aromatic N) is 2. The molecule has 1 unspecified atom stereocenters. The zero-order valence-electron chi connectivity index (χ0n) is 24.4. The molecule has 2 fully saturated rings. The number of carbonyl (C=O) groups excluding carboxylic acids is 2. The molecule has 1 aromatic heterocycles. The number of hydrogen-bond donors (Lipinski definition) is 3. The zero-order chi connectivity index (χ0) is 29.8. The van der Waals surface area contributed by atoms with E-state index in [2.05, 4.69) is 27.8 Å². The number of carbonyl (C=O) groups is 2. The van der Waals surface area contributed by atoms with Gasteiger partial charge in [-0.2, -0.15) is 0 Å². The van der Waals surface area contributed by atoms with Crippen LogP contribution >= 0.6 is 11.3 Å². The normalized spacial score (nSPS) is 21.4. The van der Waals surface area contributed by atoms with E-state index in [9.17, 15) is 14.7 Å². The van der Waals surface area contributed by atoms with Gasteiger partial charge in [-0.05, 0) is 68.4 Å². The van der Waals surface area contributed by atoms with E-state index in [1.54, 1.807) is 35.6 Å². The standard InChI is InChI=1S/C35H38N4O3S/c1-23-22-43-34(36-23)31-16-9-19-39(31)35(42)27-15-8-14-26(21-27)33(41)38-30(20-24-10-4-2-5-11-24)32(40)29-18-17-28(37-29)25-12-6-3-7-13-25/h2-8,10-15,21-22,28-32,37,40H,9,16-20H2,1H3,(H,38,41)/t28-,29-,30?,31+,32+/m0/s1. The van der Waals surface area contributed by atoms with E-state index in [1.165, 1.54) is 5.56 Å². The Bertz CT molecular complexity index is 1540. The van der Waals surface area contributed by atoms with Crippen molar-refractivity contribution < 1.29 is 14.7 Å². The molecule has 222 valence electrons. The van der Waals surface area contributed by atoms with Crippen LogP contribution in [0, 0.1) is 6.92 Å². The second kappa shape index (κ2) is 13.2. The Labute approximate surface area is 257 Å². The molecule has 2 aliphatic heterocycles. The number of likely N-dealkylation sites (tertiary alicyclic amines) is 1. The molecule has 0 saturated carbocycles. The maximum Gasteiger partial charge on any atom is 0.254 e. The number of rotatable bonds is 9. The average Bonchev–Trinajstić information content (AvgIpc) is 3.82. The summed E-state index contributed by atoms with van der Waals surface area (Å²) in [6.07, 6.45) is 3.23. The Morgan fingerprint density at radius 2 is 1.74 bits per heavy atom. The number of aryl methyl sites for hydroxylation is 1. The summed E-state index contributed by atoms with van der Waals surface area (Å²) in [5.41, 5.74) is 4.08. The maximum absolute atomic E-state index is 13.7. The van der Waals surface area contributed by atoms with Crippen molar-refractivity contribution in [3.8, 4) is 0 Å². The molecule has 6 rings (SSSR count). The molecule has 0 bridgehead atoms. The lowest BCUT2D eigenvalue weighted by Gasteiger charge is -2.29. The molecule has 4 aromatic rings. The molecular weight excluding hydrogens is 556 g/mol. The van der Waals surface area contributed by atoms with Gasteiger partial charge in [-0.25, -0.2) is 4.98 Å². The summed E-state index contributed by atoms with van der Waals surface area (Å²) < 4.78 is 0. The van der Waals surface area contributed by atoms with Crippen LogP contribution in [-0.4, -0.2) is 51.5 Å². The van der Waals surface area contributed by atoms with Crippen LogP contribution in [0.2, 0.25) is 0 Å². The molecule has 2 aliphatic rings. The Kier molecular flexibility index (Phi) is 8.98. The van der Waals surface area contributed by atoms with E-state index in [1.807, 2.05) is 65.7 Å². The van der Waals surface area contributed by atoms with Crippen LogP contribution in [0.4, 0.5) is 0 Å². The van der Waals surface area contributed by atoms with Gasteiger partial charge in [-0.3, -0.25) is 9.59 Å². The highest BCUT2D eigenvalue weighted by molar-refractivity contribution is 7.09. The van der Waals surface area contributed by atoms with E-state index >= 15 is 0 Å². The third kappa shape index (κ3) is 6.72. The van der Waals surface area contributed by atoms with Crippen molar-refractivity contribution in [3.05, 3.63) is 123 Å². The van der Waals surface area contributed by atoms with Crippen molar-refractivity contribution in [2.24, 2.45) is 0 Å². The fraction of sp³-hybridized carbons (Fsp3) is 0.343. The molecule has 43 heavy (non-hydrogen) atoms. The topological polar surface area (TPSA) is 94.6 Å². The lowest BCUT2D eigenvalue weighted by molar-refractivity contribution is 0.0729. The molecular formula is C35H38N4O3S. The number of aromatic nitrogens is 1. The molecule has 3 aromatic carbocycles. The van der Waals surface area contributed by atoms with Crippen molar-refractivity contribution in [2.75, 3.05) is 6.54 Å². The van der Waals surface area contributed by atoms with Crippen LogP contribution in [0.25, 0.3) is 0 Å². The quantitative estimate of drug-likeness (QED) is 0.234. The molecule has 0 spiro atoms. The first kappa shape index (κ1) is 29.2. The first-order valence-electron chi connectivity index (χ1n) is 15.1.